The lowest BCUT2D eigenvalue weighted by molar-refractivity contribution is 0.0722. The van der Waals surface area contributed by atoms with E-state index in [1.54, 1.807) is 20.1 Å². The molecule has 0 bridgehead atoms. The molecule has 5 nitrogen and oxygen atoms in total. The fourth-order valence-corrected chi connectivity index (χ4v) is 3.51. The highest BCUT2D eigenvalue weighted by Gasteiger charge is 2.29. The van der Waals surface area contributed by atoms with Crippen molar-refractivity contribution in [2.24, 2.45) is 0 Å². The summed E-state index contributed by atoms with van der Waals surface area (Å²) >= 11 is 0. The van der Waals surface area contributed by atoms with Crippen LogP contribution in [0.15, 0.2) is 23.1 Å². The number of nitrogens with one attached hydrogen (secondary N) is 1. The highest BCUT2D eigenvalue weighted by atomic mass is 35.7. The zero-order valence-corrected chi connectivity index (χ0v) is 13.5. The molecule has 0 saturated heterocycles. The molecule has 7 heteroatoms. The number of carbonyl (C=O) groups excluding carboxylic acids is 1. The minimum absolute atomic E-state index is 0.00925. The molecule has 2 atom stereocenters. The van der Waals surface area contributed by atoms with Gasteiger partial charge >= 0.3 is 0 Å². The summed E-state index contributed by atoms with van der Waals surface area (Å²) in [6, 6.07) is 4.32. The van der Waals surface area contributed by atoms with Gasteiger partial charge in [0, 0.05) is 23.4 Å². The van der Waals surface area contributed by atoms with Gasteiger partial charge in [-0.05, 0) is 49.9 Å². The Labute approximate surface area is 129 Å². The van der Waals surface area contributed by atoms with E-state index in [9.17, 15) is 13.2 Å². The third kappa shape index (κ3) is 3.96. The van der Waals surface area contributed by atoms with Crippen LogP contribution in [0, 0.1) is 6.92 Å². The summed E-state index contributed by atoms with van der Waals surface area (Å²) in [5.74, 6) is -0.311. The molecule has 0 radical (unpaired) electrons. The van der Waals surface area contributed by atoms with Gasteiger partial charge in [-0.25, -0.2) is 8.42 Å². The van der Waals surface area contributed by atoms with E-state index < -0.39 is 9.05 Å². The van der Waals surface area contributed by atoms with Gasteiger partial charge in [-0.2, -0.15) is 0 Å². The fourth-order valence-electron chi connectivity index (χ4n) is 2.64. The highest BCUT2D eigenvalue weighted by molar-refractivity contribution is 8.13. The van der Waals surface area contributed by atoms with Crippen LogP contribution in [0.25, 0.3) is 0 Å². The predicted octanol–water partition coefficient (Wildman–Crippen LogP) is 2.22. The molecule has 0 aromatic heterocycles. The Kier molecular flexibility index (Phi) is 4.91. The van der Waals surface area contributed by atoms with E-state index in [1.807, 2.05) is 0 Å². The first-order valence-corrected chi connectivity index (χ1v) is 9.02. The molecule has 1 N–H and O–H groups in total. The van der Waals surface area contributed by atoms with Crippen molar-refractivity contribution in [3.8, 4) is 0 Å². The topological polar surface area (TPSA) is 72.5 Å². The predicted molar refractivity (Wildman–Crippen MR) is 80.1 cm³/mol. The molecule has 1 amide bonds. The molecular formula is C14H18ClNO4S. The number of halogens is 1. The van der Waals surface area contributed by atoms with Crippen molar-refractivity contribution in [1.82, 2.24) is 5.32 Å². The molecule has 21 heavy (non-hydrogen) atoms. The Morgan fingerprint density at radius 3 is 2.67 bits per heavy atom. The lowest BCUT2D eigenvalue weighted by Crippen LogP contribution is -2.40. The van der Waals surface area contributed by atoms with Crippen molar-refractivity contribution < 1.29 is 17.9 Å². The van der Waals surface area contributed by atoms with E-state index >= 15 is 0 Å². The summed E-state index contributed by atoms with van der Waals surface area (Å²) in [5.41, 5.74) is 0.951. The second kappa shape index (κ2) is 6.34. The van der Waals surface area contributed by atoms with Crippen molar-refractivity contribution in [3.63, 3.8) is 0 Å². The summed E-state index contributed by atoms with van der Waals surface area (Å²) in [6.45, 7) is 1.72. The van der Waals surface area contributed by atoms with Crippen molar-refractivity contribution in [2.75, 3.05) is 7.11 Å². The molecule has 116 valence electrons. The molecule has 2 rings (SSSR count). The molecule has 1 aliphatic rings. The molecule has 2 unspecified atom stereocenters. The van der Waals surface area contributed by atoms with Gasteiger partial charge in [0.25, 0.3) is 15.0 Å². The van der Waals surface area contributed by atoms with Gasteiger partial charge in [0.2, 0.25) is 0 Å². The van der Waals surface area contributed by atoms with E-state index in [0.29, 0.717) is 5.56 Å². The Hall–Kier alpha value is -1.11. The van der Waals surface area contributed by atoms with Gasteiger partial charge in [-0.1, -0.05) is 0 Å². The van der Waals surface area contributed by atoms with Crippen molar-refractivity contribution in [1.29, 1.82) is 0 Å². The average molecular weight is 332 g/mol. The van der Waals surface area contributed by atoms with Gasteiger partial charge < -0.3 is 10.1 Å². The van der Waals surface area contributed by atoms with Crippen molar-refractivity contribution in [3.05, 3.63) is 29.3 Å². The third-order valence-corrected chi connectivity index (χ3v) is 5.00. The Morgan fingerprint density at radius 2 is 2.05 bits per heavy atom. The van der Waals surface area contributed by atoms with Gasteiger partial charge in [0.05, 0.1) is 17.0 Å². The van der Waals surface area contributed by atoms with Crippen LogP contribution in [-0.4, -0.2) is 33.6 Å². The number of ether oxygens (including phenoxy) is 1. The molecule has 0 aliphatic heterocycles. The summed E-state index contributed by atoms with van der Waals surface area (Å²) in [6.07, 6.45) is 2.78. The smallest absolute Gasteiger partial charge is 0.261 e. The first-order chi connectivity index (χ1) is 9.81. The van der Waals surface area contributed by atoms with Crippen LogP contribution >= 0.6 is 10.7 Å². The number of benzene rings is 1. The number of amides is 1. The minimum atomic E-state index is -3.86. The van der Waals surface area contributed by atoms with E-state index in [1.165, 1.54) is 12.1 Å². The quantitative estimate of drug-likeness (QED) is 0.859. The molecule has 1 aliphatic carbocycles. The second-order valence-corrected chi connectivity index (χ2v) is 7.82. The van der Waals surface area contributed by atoms with Crippen LogP contribution in [0.3, 0.4) is 0 Å². The first kappa shape index (κ1) is 16.3. The largest absolute Gasteiger partial charge is 0.379 e. The van der Waals surface area contributed by atoms with Crippen molar-refractivity contribution >= 4 is 25.6 Å². The zero-order valence-electron chi connectivity index (χ0n) is 11.9. The van der Waals surface area contributed by atoms with E-state index in [-0.39, 0.29) is 28.5 Å². The summed E-state index contributed by atoms with van der Waals surface area (Å²) in [5, 5.41) is 2.90. The van der Waals surface area contributed by atoms with Crippen LogP contribution in [0.5, 0.6) is 0 Å². The molecule has 1 fully saturated rings. The van der Waals surface area contributed by atoms with Gasteiger partial charge in [-0.3, -0.25) is 4.79 Å². The minimum Gasteiger partial charge on any atom is -0.379 e. The third-order valence-electron chi connectivity index (χ3n) is 3.67. The number of rotatable bonds is 4. The van der Waals surface area contributed by atoms with E-state index in [0.717, 1.165) is 19.3 Å². The molecule has 0 heterocycles. The number of hydrogen-bond acceptors (Lipinski definition) is 4. The Bertz CT molecular complexity index is 644. The lowest BCUT2D eigenvalue weighted by atomic mass is 10.1. The summed E-state index contributed by atoms with van der Waals surface area (Å²) < 4.78 is 28.2. The Morgan fingerprint density at radius 1 is 1.33 bits per heavy atom. The number of carbonyl (C=O) groups is 1. The second-order valence-electron chi connectivity index (χ2n) is 5.26. The first-order valence-electron chi connectivity index (χ1n) is 6.71. The maximum atomic E-state index is 12.3. The van der Waals surface area contributed by atoms with Crippen LogP contribution in [-0.2, 0) is 13.8 Å². The van der Waals surface area contributed by atoms with Gasteiger partial charge in [0.15, 0.2) is 0 Å². The molecule has 1 saturated carbocycles. The molecular weight excluding hydrogens is 314 g/mol. The van der Waals surface area contributed by atoms with Gasteiger partial charge in [-0.15, -0.1) is 0 Å². The van der Waals surface area contributed by atoms with E-state index in [2.05, 4.69) is 5.32 Å². The van der Waals surface area contributed by atoms with Crippen LogP contribution in [0.2, 0.25) is 0 Å². The normalized spacial score (nSPS) is 22.2. The highest BCUT2D eigenvalue weighted by Crippen LogP contribution is 2.23. The number of aryl methyl sites for hydroxylation is 1. The summed E-state index contributed by atoms with van der Waals surface area (Å²) in [7, 11) is 3.11. The SMILES string of the molecule is COC1CCCC1NC(=O)c1cc(C)cc(S(=O)(=O)Cl)c1. The van der Waals surface area contributed by atoms with Crippen LogP contribution < -0.4 is 5.32 Å². The molecule has 1 aromatic carbocycles. The monoisotopic (exact) mass is 331 g/mol. The molecule has 1 aromatic rings. The standard InChI is InChI=1S/C14H18ClNO4S/c1-9-6-10(8-11(7-9)21(15,18)19)14(17)16-12-4-3-5-13(12)20-2/h6-8,12-13H,3-5H2,1-2H3,(H,16,17). The van der Waals surface area contributed by atoms with Crippen LogP contribution in [0.4, 0.5) is 0 Å². The number of hydrogen-bond donors (Lipinski definition) is 1. The zero-order chi connectivity index (χ0) is 15.6. The summed E-state index contributed by atoms with van der Waals surface area (Å²) in [4.78, 5) is 12.2. The van der Waals surface area contributed by atoms with E-state index in [4.69, 9.17) is 15.4 Å². The van der Waals surface area contributed by atoms with Crippen molar-refractivity contribution in [2.45, 2.75) is 43.2 Å². The average Bonchev–Trinajstić information content (AvgIpc) is 2.84. The molecule has 0 spiro atoms. The maximum absolute atomic E-state index is 12.3. The fraction of sp³-hybridized carbons (Fsp3) is 0.500. The Balaban J connectivity index is 2.21. The van der Waals surface area contributed by atoms with Crippen LogP contribution in [0.1, 0.15) is 35.2 Å². The maximum Gasteiger partial charge on any atom is 0.261 e. The number of methoxy groups -OCH3 is 1. The lowest BCUT2D eigenvalue weighted by Gasteiger charge is -2.19. The van der Waals surface area contributed by atoms with Gasteiger partial charge in [0.1, 0.15) is 0 Å².